The number of nitrogens with zero attached hydrogens (tertiary/aromatic N) is 5. The van der Waals surface area contributed by atoms with Gasteiger partial charge in [-0.15, -0.1) is 0 Å². The molecule has 3 rings (SSSR count). The molecular weight excluding hydrogens is 308 g/mol. The number of carbonyl (C=O) groups excluding carboxylic acids is 1. The molecule has 1 aliphatic heterocycles. The van der Waals surface area contributed by atoms with Crippen LogP contribution in [0.4, 0.5) is 5.69 Å². The third-order valence-electron chi connectivity index (χ3n) is 4.67. The molecule has 1 amide bonds. The predicted molar refractivity (Wildman–Crippen MR) is 91.9 cm³/mol. The van der Waals surface area contributed by atoms with E-state index in [2.05, 4.69) is 15.4 Å². The van der Waals surface area contributed by atoms with Crippen LogP contribution in [0, 0.1) is 0 Å². The van der Waals surface area contributed by atoms with Crippen molar-refractivity contribution in [3.8, 4) is 0 Å². The van der Waals surface area contributed by atoms with E-state index < -0.39 is 5.60 Å². The molecule has 0 unspecified atom stereocenters. The minimum atomic E-state index is -0.651. The maximum absolute atomic E-state index is 12.5. The number of guanidine groups is 1. The molecule has 1 aromatic rings. The maximum Gasteiger partial charge on any atom is 0.246 e. The fourth-order valence-electron chi connectivity index (χ4n) is 3.07. The number of hydrogen-bond donors (Lipinski definition) is 2. The lowest BCUT2D eigenvalue weighted by Crippen LogP contribution is -2.55. The van der Waals surface area contributed by atoms with Gasteiger partial charge in [0.1, 0.15) is 6.54 Å². The van der Waals surface area contributed by atoms with Gasteiger partial charge in [-0.3, -0.25) is 14.5 Å². The van der Waals surface area contributed by atoms with Crippen molar-refractivity contribution in [3.63, 3.8) is 0 Å². The van der Waals surface area contributed by atoms with Crippen molar-refractivity contribution in [1.82, 2.24) is 20.0 Å². The number of aromatic nitrogens is 2. The average molecular weight is 334 g/mol. The summed E-state index contributed by atoms with van der Waals surface area (Å²) in [5, 5.41) is 17.6. The maximum atomic E-state index is 12.5. The number of carbonyl (C=O) groups is 1. The molecule has 2 N–H and O–H groups in total. The summed E-state index contributed by atoms with van der Waals surface area (Å²) in [6, 6.07) is 0. The van der Waals surface area contributed by atoms with Crippen LogP contribution in [0.5, 0.6) is 0 Å². The molecule has 8 heteroatoms. The van der Waals surface area contributed by atoms with Gasteiger partial charge in [-0.2, -0.15) is 5.10 Å². The summed E-state index contributed by atoms with van der Waals surface area (Å²) in [6.45, 7) is 4.70. The second-order valence-electron chi connectivity index (χ2n) is 6.59. The van der Waals surface area contributed by atoms with Crippen molar-refractivity contribution in [2.45, 2.75) is 31.8 Å². The lowest BCUT2D eigenvalue weighted by atomic mass is 9.80. The SMILES string of the molecule is CCNC(=NCC1(O)CCC1)N1CCN(c2cnn(C)c2)C(=O)C1. The second kappa shape index (κ2) is 6.80. The molecule has 0 atom stereocenters. The van der Waals surface area contributed by atoms with Crippen LogP contribution in [0.25, 0.3) is 0 Å². The van der Waals surface area contributed by atoms with Gasteiger partial charge < -0.3 is 20.2 Å². The van der Waals surface area contributed by atoms with E-state index in [4.69, 9.17) is 0 Å². The zero-order chi connectivity index (χ0) is 17.2. The fourth-order valence-corrected chi connectivity index (χ4v) is 3.07. The summed E-state index contributed by atoms with van der Waals surface area (Å²) in [5.74, 6) is 0.735. The van der Waals surface area contributed by atoms with Crippen molar-refractivity contribution >= 4 is 17.6 Å². The number of anilines is 1. The van der Waals surface area contributed by atoms with Crippen LogP contribution in [-0.4, -0.2) is 70.0 Å². The second-order valence-corrected chi connectivity index (χ2v) is 6.59. The van der Waals surface area contributed by atoms with Crippen LogP contribution >= 0.6 is 0 Å². The molecule has 8 nitrogen and oxygen atoms in total. The monoisotopic (exact) mass is 334 g/mol. The van der Waals surface area contributed by atoms with Gasteiger partial charge in [0.2, 0.25) is 5.91 Å². The van der Waals surface area contributed by atoms with Gasteiger partial charge in [0, 0.05) is 32.9 Å². The molecule has 132 valence electrons. The Kier molecular flexibility index (Phi) is 4.75. The highest BCUT2D eigenvalue weighted by Crippen LogP contribution is 2.31. The summed E-state index contributed by atoms with van der Waals surface area (Å²) >= 11 is 0. The number of aliphatic hydroxyl groups is 1. The Morgan fingerprint density at radius 3 is 2.79 bits per heavy atom. The van der Waals surface area contributed by atoms with E-state index in [-0.39, 0.29) is 12.5 Å². The Balaban J connectivity index is 1.65. The Morgan fingerprint density at radius 1 is 1.46 bits per heavy atom. The lowest BCUT2D eigenvalue weighted by molar-refractivity contribution is -0.120. The average Bonchev–Trinajstić information content (AvgIpc) is 2.95. The van der Waals surface area contributed by atoms with E-state index in [9.17, 15) is 9.90 Å². The van der Waals surface area contributed by atoms with E-state index in [1.807, 2.05) is 25.1 Å². The van der Waals surface area contributed by atoms with Gasteiger partial charge in [0.15, 0.2) is 5.96 Å². The number of hydrogen-bond acceptors (Lipinski definition) is 4. The molecule has 0 radical (unpaired) electrons. The first-order valence-corrected chi connectivity index (χ1v) is 8.55. The number of rotatable bonds is 4. The summed E-state index contributed by atoms with van der Waals surface area (Å²) in [4.78, 5) is 20.8. The quantitative estimate of drug-likeness (QED) is 0.596. The van der Waals surface area contributed by atoms with Crippen molar-refractivity contribution in [1.29, 1.82) is 0 Å². The molecule has 2 fully saturated rings. The number of piperazine rings is 1. The number of aryl methyl sites for hydroxylation is 1. The van der Waals surface area contributed by atoms with Crippen LogP contribution in [0.2, 0.25) is 0 Å². The zero-order valence-corrected chi connectivity index (χ0v) is 14.4. The Hall–Kier alpha value is -2.09. The van der Waals surface area contributed by atoms with E-state index in [1.165, 1.54) is 0 Å². The predicted octanol–water partition coefficient (Wildman–Crippen LogP) is -0.0508. The van der Waals surface area contributed by atoms with E-state index in [0.717, 1.165) is 31.5 Å². The van der Waals surface area contributed by atoms with E-state index >= 15 is 0 Å². The molecular formula is C16H26N6O2. The minimum absolute atomic E-state index is 0.0298. The first-order valence-electron chi connectivity index (χ1n) is 8.55. The van der Waals surface area contributed by atoms with Gasteiger partial charge in [-0.25, -0.2) is 0 Å². The third-order valence-corrected chi connectivity index (χ3v) is 4.67. The number of amides is 1. The Morgan fingerprint density at radius 2 is 2.25 bits per heavy atom. The first-order chi connectivity index (χ1) is 11.5. The van der Waals surface area contributed by atoms with Crippen molar-refractivity contribution in [3.05, 3.63) is 12.4 Å². The molecule has 2 heterocycles. The summed E-state index contributed by atoms with van der Waals surface area (Å²) in [5.41, 5.74) is 0.176. The van der Waals surface area contributed by atoms with Crippen LogP contribution in [0.1, 0.15) is 26.2 Å². The Bertz CT molecular complexity index is 622. The highest BCUT2D eigenvalue weighted by Gasteiger charge is 2.35. The fraction of sp³-hybridized carbons (Fsp3) is 0.688. The third kappa shape index (κ3) is 3.53. The standard InChI is InChI=1S/C16H26N6O2/c1-3-17-15(18-12-16(24)5-4-6-16)21-7-8-22(14(23)11-21)13-9-19-20(2)10-13/h9-10,24H,3-8,11-12H2,1-2H3,(H,17,18). The summed E-state index contributed by atoms with van der Waals surface area (Å²) in [6.07, 6.45) is 6.23. The van der Waals surface area contributed by atoms with Crippen LogP contribution < -0.4 is 10.2 Å². The van der Waals surface area contributed by atoms with Gasteiger partial charge in [0.25, 0.3) is 0 Å². The molecule has 1 aliphatic carbocycles. The highest BCUT2D eigenvalue weighted by molar-refractivity contribution is 5.98. The molecule has 2 aliphatic rings. The zero-order valence-electron chi connectivity index (χ0n) is 14.4. The van der Waals surface area contributed by atoms with E-state index in [1.54, 1.807) is 15.8 Å². The lowest BCUT2D eigenvalue weighted by Gasteiger charge is -2.37. The number of nitrogens with one attached hydrogen (secondary N) is 1. The molecule has 1 saturated carbocycles. The van der Waals surface area contributed by atoms with Crippen molar-refractivity contribution in [2.24, 2.45) is 12.0 Å². The molecule has 24 heavy (non-hydrogen) atoms. The number of aliphatic imine (C=N–C) groups is 1. The topological polar surface area (TPSA) is 86.0 Å². The summed E-state index contributed by atoms with van der Waals surface area (Å²) in [7, 11) is 1.84. The molecule has 0 bridgehead atoms. The van der Waals surface area contributed by atoms with Gasteiger partial charge in [0.05, 0.1) is 24.0 Å². The molecule has 0 spiro atoms. The van der Waals surface area contributed by atoms with Crippen molar-refractivity contribution in [2.75, 3.05) is 37.6 Å². The first kappa shape index (κ1) is 16.8. The normalized spacial score (nSPS) is 21.0. The largest absolute Gasteiger partial charge is 0.388 e. The highest BCUT2D eigenvalue weighted by atomic mass is 16.3. The van der Waals surface area contributed by atoms with Crippen LogP contribution in [0.3, 0.4) is 0 Å². The van der Waals surface area contributed by atoms with Gasteiger partial charge >= 0.3 is 0 Å². The Labute approximate surface area is 142 Å². The van der Waals surface area contributed by atoms with Crippen molar-refractivity contribution < 1.29 is 9.90 Å². The van der Waals surface area contributed by atoms with Crippen LogP contribution in [0.15, 0.2) is 17.4 Å². The molecule has 1 aromatic heterocycles. The molecule has 0 aromatic carbocycles. The van der Waals surface area contributed by atoms with E-state index in [0.29, 0.717) is 25.6 Å². The molecule has 1 saturated heterocycles. The van der Waals surface area contributed by atoms with Crippen LogP contribution in [-0.2, 0) is 11.8 Å². The smallest absolute Gasteiger partial charge is 0.246 e. The minimum Gasteiger partial charge on any atom is -0.388 e. The van der Waals surface area contributed by atoms with Gasteiger partial charge in [-0.05, 0) is 26.2 Å². The summed E-state index contributed by atoms with van der Waals surface area (Å²) < 4.78 is 1.69. The van der Waals surface area contributed by atoms with Gasteiger partial charge in [-0.1, -0.05) is 0 Å².